The largest absolute Gasteiger partial charge is 0.383 e. The van der Waals surface area contributed by atoms with Crippen LogP contribution in [0.25, 0.3) is 0 Å². The lowest BCUT2D eigenvalue weighted by molar-refractivity contribution is 0.254. The molecule has 1 aromatic rings. The first-order valence-corrected chi connectivity index (χ1v) is 11.0. The molecule has 5 heteroatoms. The summed E-state index contributed by atoms with van der Waals surface area (Å²) in [5.74, 6) is -0.630. The molecule has 2 fully saturated rings. The second-order valence-corrected chi connectivity index (χ2v) is 12.1. The van der Waals surface area contributed by atoms with E-state index in [2.05, 4.69) is 0 Å². The maximum absolute atomic E-state index is 11.0. The molecule has 2 aliphatic rings. The van der Waals surface area contributed by atoms with Gasteiger partial charge in [0.2, 0.25) is 0 Å². The van der Waals surface area contributed by atoms with Crippen LogP contribution in [0.5, 0.6) is 0 Å². The Labute approximate surface area is 135 Å². The van der Waals surface area contributed by atoms with Crippen molar-refractivity contribution in [1.82, 2.24) is 0 Å². The zero-order chi connectivity index (χ0) is 14.3. The van der Waals surface area contributed by atoms with Crippen molar-refractivity contribution in [1.29, 1.82) is 0 Å². The first-order chi connectivity index (χ1) is 9.55. The van der Waals surface area contributed by atoms with Gasteiger partial charge in [-0.1, -0.05) is 53.9 Å². The molecular weight excluding hydrogens is 330 g/mol. The predicted octanol–water partition coefficient (Wildman–Crippen LogP) is 5.57. The molecule has 1 N–H and O–H groups in total. The quantitative estimate of drug-likeness (QED) is 0.705. The van der Waals surface area contributed by atoms with Crippen LogP contribution in [-0.4, -0.2) is 16.4 Å². The Balaban J connectivity index is 2.04. The van der Waals surface area contributed by atoms with Gasteiger partial charge in [0.15, 0.2) is 0 Å². The van der Waals surface area contributed by atoms with Crippen molar-refractivity contribution < 1.29 is 5.11 Å². The van der Waals surface area contributed by atoms with Crippen molar-refractivity contribution in [2.24, 2.45) is 0 Å². The number of halogens is 2. The van der Waals surface area contributed by atoms with E-state index in [-0.39, 0.29) is 0 Å². The molecule has 2 saturated heterocycles. The monoisotopic (exact) mass is 348 g/mol. The highest BCUT2D eigenvalue weighted by Crippen LogP contribution is 2.73. The summed E-state index contributed by atoms with van der Waals surface area (Å²) in [5, 5.41) is 12.2. The van der Waals surface area contributed by atoms with Gasteiger partial charge in [-0.15, -0.1) is 0 Å². The molecule has 110 valence electrons. The summed E-state index contributed by atoms with van der Waals surface area (Å²) in [4.78, 5) is 0. The summed E-state index contributed by atoms with van der Waals surface area (Å²) >= 11 is 18.7. The van der Waals surface area contributed by atoms with Crippen LogP contribution in [0.3, 0.4) is 0 Å². The van der Waals surface area contributed by atoms with Gasteiger partial charge in [0.25, 0.3) is 0 Å². The van der Waals surface area contributed by atoms with Crippen molar-refractivity contribution in [3.63, 3.8) is 0 Å². The molecule has 0 amide bonds. The average Bonchev–Trinajstić information content (AvgIpc) is 2.37. The second-order valence-electron chi connectivity index (χ2n) is 5.94. The zero-order valence-corrected chi connectivity index (χ0v) is 14.5. The number of hydrogen-bond acceptors (Lipinski definition) is 2. The summed E-state index contributed by atoms with van der Waals surface area (Å²) in [6.45, 7) is 0. The zero-order valence-electron chi connectivity index (χ0n) is 11.3. The Morgan fingerprint density at radius 1 is 1.05 bits per heavy atom. The fourth-order valence-electron chi connectivity index (χ4n) is 3.93. The Morgan fingerprint density at radius 2 is 1.50 bits per heavy atom. The Hall–Kier alpha value is 0.410. The third-order valence-corrected chi connectivity index (χ3v) is 12.3. The van der Waals surface area contributed by atoms with Gasteiger partial charge in [0.1, 0.15) is 5.85 Å². The van der Waals surface area contributed by atoms with Gasteiger partial charge in [-0.25, -0.2) is 0 Å². The van der Waals surface area contributed by atoms with E-state index in [1.165, 1.54) is 38.5 Å². The molecule has 2 bridgehead atoms. The van der Waals surface area contributed by atoms with Gasteiger partial charge in [0.05, 0.1) is 0 Å². The van der Waals surface area contributed by atoms with Crippen LogP contribution in [0.1, 0.15) is 49.9 Å². The molecule has 0 saturated carbocycles. The molecule has 2 heterocycles. The molecule has 0 aliphatic carbocycles. The Morgan fingerprint density at radius 3 is 1.95 bits per heavy atom. The lowest BCUT2D eigenvalue weighted by atomic mass is 9.99. The van der Waals surface area contributed by atoms with Gasteiger partial charge < -0.3 is 5.11 Å². The van der Waals surface area contributed by atoms with Crippen LogP contribution in [0.2, 0.25) is 10.0 Å². The number of rotatable bonds is 2. The van der Waals surface area contributed by atoms with Crippen LogP contribution in [0, 0.1) is 0 Å². The van der Waals surface area contributed by atoms with Gasteiger partial charge >= 0.3 is 0 Å². The smallest absolute Gasteiger partial charge is 0.110 e. The third-order valence-electron chi connectivity index (χ3n) is 4.93. The number of benzene rings is 1. The van der Waals surface area contributed by atoms with Gasteiger partial charge in [-0.3, -0.25) is 0 Å². The highest BCUT2D eigenvalue weighted by atomic mass is 35.5. The summed E-state index contributed by atoms with van der Waals surface area (Å²) in [7, 11) is 0. The van der Waals surface area contributed by atoms with E-state index in [4.69, 9.17) is 35.0 Å². The van der Waals surface area contributed by atoms with E-state index < -0.39 is 11.9 Å². The molecule has 0 spiro atoms. The topological polar surface area (TPSA) is 20.2 Å². The van der Waals surface area contributed by atoms with Crippen LogP contribution < -0.4 is 0 Å². The molecule has 1 atom stereocenters. The third kappa shape index (κ3) is 2.38. The van der Waals surface area contributed by atoms with Crippen molar-refractivity contribution in [3.8, 4) is 0 Å². The van der Waals surface area contributed by atoms with E-state index in [0.717, 1.165) is 0 Å². The molecule has 20 heavy (non-hydrogen) atoms. The van der Waals surface area contributed by atoms with Crippen LogP contribution in [-0.2, 0) is 11.8 Å². The SMILES string of the molecule is OC(c1c(Cl)cccc1Cl)P1(=S)C2CCCC1CCC2. The van der Waals surface area contributed by atoms with Gasteiger partial charge in [-0.05, 0) is 55.2 Å². The Bertz CT molecular complexity index is 517. The highest BCUT2D eigenvalue weighted by Gasteiger charge is 2.47. The van der Waals surface area contributed by atoms with Crippen molar-refractivity contribution >= 4 is 41.0 Å². The first-order valence-electron chi connectivity index (χ1n) is 7.26. The summed E-state index contributed by atoms with van der Waals surface area (Å²) in [6, 6.07) is 3.54. The van der Waals surface area contributed by atoms with Gasteiger partial charge in [-0.2, -0.15) is 0 Å². The van der Waals surface area contributed by atoms with E-state index in [1.807, 2.05) is 6.07 Å². The molecular formula is C15H19Cl2OPS. The Kier molecular flexibility index (Phi) is 4.51. The summed E-state index contributed by atoms with van der Waals surface area (Å²) < 4.78 is 0. The van der Waals surface area contributed by atoms with E-state index in [1.54, 1.807) is 12.1 Å². The normalized spacial score (nSPS) is 34.8. The average molecular weight is 349 g/mol. The maximum Gasteiger partial charge on any atom is 0.110 e. The molecule has 3 rings (SSSR count). The maximum atomic E-state index is 11.0. The minimum absolute atomic E-state index is 0.521. The van der Waals surface area contributed by atoms with E-state index >= 15 is 0 Å². The van der Waals surface area contributed by atoms with E-state index in [9.17, 15) is 5.11 Å². The first kappa shape index (κ1) is 15.3. The number of aliphatic hydroxyl groups excluding tert-OH is 1. The van der Waals surface area contributed by atoms with Crippen molar-refractivity contribution in [2.75, 3.05) is 0 Å². The number of fused-ring (bicyclic) bond motifs is 2. The highest BCUT2D eigenvalue weighted by molar-refractivity contribution is 8.15. The van der Waals surface area contributed by atoms with Crippen LogP contribution >= 0.6 is 29.2 Å². The lowest BCUT2D eigenvalue weighted by Crippen LogP contribution is -2.31. The van der Waals surface area contributed by atoms with Crippen molar-refractivity contribution in [2.45, 2.75) is 55.7 Å². The van der Waals surface area contributed by atoms with Crippen LogP contribution in [0.15, 0.2) is 18.2 Å². The molecule has 1 nitrogen and oxygen atoms in total. The van der Waals surface area contributed by atoms with Crippen LogP contribution in [0.4, 0.5) is 0 Å². The predicted molar refractivity (Wildman–Crippen MR) is 91.0 cm³/mol. The number of aliphatic hydroxyl groups is 1. The fourth-order valence-corrected chi connectivity index (χ4v) is 10.7. The van der Waals surface area contributed by atoms with Gasteiger partial charge in [0, 0.05) is 15.6 Å². The minimum Gasteiger partial charge on any atom is -0.383 e. The molecule has 1 unspecified atom stereocenters. The standard InChI is InChI=1S/C15H19Cl2OPS/c16-12-8-3-9-13(17)14(12)15(18)19(20)10-4-1-5-11(19)7-2-6-10/h3,8-11,15,18H,1-2,4-7H2. The summed E-state index contributed by atoms with van der Waals surface area (Å²) in [5.41, 5.74) is 1.72. The minimum atomic E-state index is -1.87. The molecule has 1 aromatic carbocycles. The lowest BCUT2D eigenvalue weighted by Gasteiger charge is -2.48. The molecule has 0 radical (unpaired) electrons. The van der Waals surface area contributed by atoms with E-state index in [0.29, 0.717) is 26.9 Å². The second kappa shape index (κ2) is 5.89. The fraction of sp³-hybridized carbons (Fsp3) is 0.600. The van der Waals surface area contributed by atoms with Crippen molar-refractivity contribution in [3.05, 3.63) is 33.8 Å². The summed E-state index contributed by atoms with van der Waals surface area (Å²) in [6.07, 6.45) is 7.22. The number of hydrogen-bond donors (Lipinski definition) is 1. The molecule has 2 aliphatic heterocycles. The molecule has 0 aromatic heterocycles.